The zero-order chi connectivity index (χ0) is 16.2. The number of carbonyl (C=O) groups is 1. The molecule has 0 aliphatic carbocycles. The SMILES string of the molecule is Cc1cc(C)nc(NC(=O)c2ccc(-c3ccccc3)cc2)c1. The van der Waals surface area contributed by atoms with Crippen LogP contribution in [0.25, 0.3) is 11.1 Å². The molecule has 0 spiro atoms. The summed E-state index contributed by atoms with van der Waals surface area (Å²) >= 11 is 0. The number of aromatic nitrogens is 1. The van der Waals surface area contributed by atoms with Gasteiger partial charge in [-0.25, -0.2) is 4.98 Å². The molecule has 1 aromatic heterocycles. The van der Waals surface area contributed by atoms with Crippen molar-refractivity contribution >= 4 is 11.7 Å². The van der Waals surface area contributed by atoms with Crippen molar-refractivity contribution in [2.75, 3.05) is 5.32 Å². The van der Waals surface area contributed by atoms with Crippen LogP contribution in [0.3, 0.4) is 0 Å². The first-order valence-corrected chi connectivity index (χ1v) is 7.54. The average Bonchev–Trinajstić information content (AvgIpc) is 2.55. The van der Waals surface area contributed by atoms with Gasteiger partial charge < -0.3 is 5.32 Å². The van der Waals surface area contributed by atoms with E-state index in [9.17, 15) is 4.79 Å². The second kappa shape index (κ2) is 6.44. The van der Waals surface area contributed by atoms with E-state index in [2.05, 4.69) is 22.4 Å². The predicted molar refractivity (Wildman–Crippen MR) is 93.5 cm³/mol. The molecule has 0 saturated heterocycles. The lowest BCUT2D eigenvalue weighted by Crippen LogP contribution is -2.13. The third-order valence-electron chi connectivity index (χ3n) is 3.59. The average molecular weight is 302 g/mol. The van der Waals surface area contributed by atoms with Gasteiger partial charge in [-0.05, 0) is 54.8 Å². The Balaban J connectivity index is 1.78. The normalized spacial score (nSPS) is 10.3. The van der Waals surface area contributed by atoms with Gasteiger partial charge in [0.2, 0.25) is 0 Å². The van der Waals surface area contributed by atoms with Gasteiger partial charge >= 0.3 is 0 Å². The Bertz CT molecular complexity index is 804. The standard InChI is InChI=1S/C20H18N2O/c1-14-12-15(2)21-19(13-14)22-20(23)18-10-8-17(9-11-18)16-6-4-3-5-7-16/h3-13H,1-2H3,(H,21,22,23). The third kappa shape index (κ3) is 3.64. The number of benzene rings is 2. The first-order chi connectivity index (χ1) is 11.1. The van der Waals surface area contributed by atoms with Crippen molar-refractivity contribution in [3.63, 3.8) is 0 Å². The molecule has 3 nitrogen and oxygen atoms in total. The lowest BCUT2D eigenvalue weighted by molar-refractivity contribution is 0.102. The second-order valence-corrected chi connectivity index (χ2v) is 5.57. The van der Waals surface area contributed by atoms with Gasteiger partial charge in [0, 0.05) is 11.3 Å². The predicted octanol–water partition coefficient (Wildman–Crippen LogP) is 4.62. The number of aryl methyl sites for hydroxylation is 2. The fraction of sp³-hybridized carbons (Fsp3) is 0.100. The first-order valence-electron chi connectivity index (χ1n) is 7.54. The van der Waals surface area contributed by atoms with E-state index in [4.69, 9.17) is 0 Å². The summed E-state index contributed by atoms with van der Waals surface area (Å²) in [5.41, 5.74) is 4.81. The Labute approximate surface area is 136 Å². The van der Waals surface area contributed by atoms with E-state index in [1.165, 1.54) is 0 Å². The van der Waals surface area contributed by atoms with Gasteiger partial charge in [0.25, 0.3) is 5.91 Å². The van der Waals surface area contributed by atoms with E-state index in [0.717, 1.165) is 22.4 Å². The van der Waals surface area contributed by atoms with Gasteiger partial charge in [0.15, 0.2) is 0 Å². The number of hydrogen-bond acceptors (Lipinski definition) is 2. The molecule has 0 fully saturated rings. The van der Waals surface area contributed by atoms with E-state index in [0.29, 0.717) is 11.4 Å². The van der Waals surface area contributed by atoms with Crippen molar-refractivity contribution in [3.8, 4) is 11.1 Å². The number of hydrogen-bond donors (Lipinski definition) is 1. The van der Waals surface area contributed by atoms with Crippen LogP contribution in [0.15, 0.2) is 66.7 Å². The van der Waals surface area contributed by atoms with Crippen LogP contribution in [-0.2, 0) is 0 Å². The summed E-state index contributed by atoms with van der Waals surface area (Å²) in [4.78, 5) is 16.7. The zero-order valence-electron chi connectivity index (χ0n) is 13.2. The minimum atomic E-state index is -0.151. The van der Waals surface area contributed by atoms with Crippen LogP contribution in [0.5, 0.6) is 0 Å². The van der Waals surface area contributed by atoms with Gasteiger partial charge in [-0.3, -0.25) is 4.79 Å². The molecule has 0 radical (unpaired) electrons. The van der Waals surface area contributed by atoms with Crippen LogP contribution in [0.2, 0.25) is 0 Å². The van der Waals surface area contributed by atoms with E-state index >= 15 is 0 Å². The van der Waals surface area contributed by atoms with Crippen molar-refractivity contribution < 1.29 is 4.79 Å². The largest absolute Gasteiger partial charge is 0.307 e. The Hall–Kier alpha value is -2.94. The van der Waals surface area contributed by atoms with E-state index in [1.54, 1.807) is 0 Å². The summed E-state index contributed by atoms with van der Waals surface area (Å²) in [5, 5.41) is 2.85. The molecule has 0 aliphatic heterocycles. The summed E-state index contributed by atoms with van der Waals surface area (Å²) in [6, 6.07) is 21.5. The molecule has 3 aromatic rings. The van der Waals surface area contributed by atoms with E-state index in [1.807, 2.05) is 68.4 Å². The summed E-state index contributed by atoms with van der Waals surface area (Å²) in [6.07, 6.45) is 0. The molecule has 2 aromatic carbocycles. The van der Waals surface area contributed by atoms with Crippen molar-refractivity contribution in [1.29, 1.82) is 0 Å². The highest BCUT2D eigenvalue weighted by atomic mass is 16.1. The minimum Gasteiger partial charge on any atom is -0.307 e. The van der Waals surface area contributed by atoms with Crippen LogP contribution in [0.4, 0.5) is 5.82 Å². The van der Waals surface area contributed by atoms with Crippen molar-refractivity contribution in [2.24, 2.45) is 0 Å². The highest BCUT2D eigenvalue weighted by Gasteiger charge is 2.08. The highest BCUT2D eigenvalue weighted by Crippen LogP contribution is 2.19. The summed E-state index contributed by atoms with van der Waals surface area (Å²) in [7, 11) is 0. The molecule has 114 valence electrons. The van der Waals surface area contributed by atoms with Gasteiger partial charge in [0.1, 0.15) is 5.82 Å². The monoisotopic (exact) mass is 302 g/mol. The summed E-state index contributed by atoms with van der Waals surface area (Å²) in [5.74, 6) is 0.432. The number of nitrogens with one attached hydrogen (secondary N) is 1. The lowest BCUT2D eigenvalue weighted by Gasteiger charge is -2.07. The molecule has 1 amide bonds. The topological polar surface area (TPSA) is 42.0 Å². The first kappa shape index (κ1) is 15.0. The number of amides is 1. The van der Waals surface area contributed by atoms with Crippen LogP contribution >= 0.6 is 0 Å². The molecule has 1 N–H and O–H groups in total. The fourth-order valence-electron chi connectivity index (χ4n) is 2.54. The number of anilines is 1. The fourth-order valence-corrected chi connectivity index (χ4v) is 2.54. The lowest BCUT2D eigenvalue weighted by atomic mass is 10.0. The Kier molecular flexibility index (Phi) is 4.20. The van der Waals surface area contributed by atoms with Crippen molar-refractivity contribution in [1.82, 2.24) is 4.98 Å². The molecule has 0 unspecified atom stereocenters. The van der Waals surface area contributed by atoms with Crippen molar-refractivity contribution in [3.05, 3.63) is 83.6 Å². The molecule has 3 heteroatoms. The second-order valence-electron chi connectivity index (χ2n) is 5.57. The number of nitrogens with zero attached hydrogens (tertiary/aromatic N) is 1. The molecule has 0 saturated carbocycles. The van der Waals surface area contributed by atoms with E-state index in [-0.39, 0.29) is 5.91 Å². The Morgan fingerprint density at radius 3 is 2.17 bits per heavy atom. The maximum absolute atomic E-state index is 12.3. The minimum absolute atomic E-state index is 0.151. The number of rotatable bonds is 3. The number of carbonyl (C=O) groups excluding carboxylic acids is 1. The zero-order valence-corrected chi connectivity index (χ0v) is 13.2. The van der Waals surface area contributed by atoms with Crippen LogP contribution in [0, 0.1) is 13.8 Å². The quantitative estimate of drug-likeness (QED) is 0.767. The van der Waals surface area contributed by atoms with Crippen molar-refractivity contribution in [2.45, 2.75) is 13.8 Å². The summed E-state index contributed by atoms with van der Waals surface area (Å²) < 4.78 is 0. The van der Waals surface area contributed by atoms with Gasteiger partial charge in [-0.1, -0.05) is 42.5 Å². The smallest absolute Gasteiger partial charge is 0.256 e. The molecule has 0 aliphatic rings. The van der Waals surface area contributed by atoms with Crippen LogP contribution < -0.4 is 5.32 Å². The molecule has 0 bridgehead atoms. The molecule has 0 atom stereocenters. The maximum Gasteiger partial charge on any atom is 0.256 e. The summed E-state index contributed by atoms with van der Waals surface area (Å²) in [6.45, 7) is 3.90. The molecule has 3 rings (SSSR count). The highest BCUT2D eigenvalue weighted by molar-refractivity contribution is 6.04. The molecular weight excluding hydrogens is 284 g/mol. The molecular formula is C20H18N2O. The molecule has 23 heavy (non-hydrogen) atoms. The Morgan fingerprint density at radius 2 is 1.52 bits per heavy atom. The molecule has 1 heterocycles. The van der Waals surface area contributed by atoms with E-state index < -0.39 is 0 Å². The van der Waals surface area contributed by atoms with Crippen LogP contribution in [-0.4, -0.2) is 10.9 Å². The van der Waals surface area contributed by atoms with Crippen LogP contribution in [0.1, 0.15) is 21.6 Å². The Morgan fingerprint density at radius 1 is 0.870 bits per heavy atom. The number of pyridine rings is 1. The maximum atomic E-state index is 12.3. The van der Waals surface area contributed by atoms with Gasteiger partial charge in [0.05, 0.1) is 0 Å². The van der Waals surface area contributed by atoms with Gasteiger partial charge in [-0.15, -0.1) is 0 Å². The third-order valence-corrected chi connectivity index (χ3v) is 3.59. The van der Waals surface area contributed by atoms with Gasteiger partial charge in [-0.2, -0.15) is 0 Å².